The van der Waals surface area contributed by atoms with Crippen molar-refractivity contribution >= 4 is 17.3 Å². The molecule has 1 heterocycles. The average molecular weight is 289 g/mol. The Morgan fingerprint density at radius 2 is 2.35 bits per heavy atom. The van der Waals surface area contributed by atoms with Gasteiger partial charge in [-0.2, -0.15) is 0 Å². The maximum Gasteiger partial charge on any atom is 0.188 e. The Labute approximate surface area is 125 Å². The molecule has 0 amide bonds. The number of hydrogen-bond acceptors (Lipinski definition) is 2. The number of allylic oxidation sites excluding steroid dienone is 2. The van der Waals surface area contributed by atoms with Crippen molar-refractivity contribution in [1.82, 2.24) is 5.32 Å². The van der Waals surface area contributed by atoms with E-state index in [-0.39, 0.29) is 0 Å². The number of hydrogen-bond donors (Lipinski definition) is 2. The van der Waals surface area contributed by atoms with E-state index in [0.717, 1.165) is 31.3 Å². The second-order valence-corrected chi connectivity index (χ2v) is 6.90. The van der Waals surface area contributed by atoms with Crippen LogP contribution in [-0.4, -0.2) is 19.0 Å². The van der Waals surface area contributed by atoms with Crippen molar-refractivity contribution in [2.75, 3.05) is 13.1 Å². The van der Waals surface area contributed by atoms with Crippen LogP contribution in [0.4, 0.5) is 0 Å². The Morgan fingerprint density at radius 3 is 3.00 bits per heavy atom. The molecule has 2 bridgehead atoms. The van der Waals surface area contributed by atoms with E-state index in [4.69, 9.17) is 5.73 Å². The zero-order valence-corrected chi connectivity index (χ0v) is 12.6. The highest BCUT2D eigenvalue weighted by molar-refractivity contribution is 7.09. The van der Waals surface area contributed by atoms with Crippen LogP contribution >= 0.6 is 11.3 Å². The highest BCUT2D eigenvalue weighted by atomic mass is 32.1. The van der Waals surface area contributed by atoms with Gasteiger partial charge in [0.05, 0.1) is 0 Å². The molecule has 1 aromatic heterocycles. The molecule has 3 N–H and O–H groups in total. The fourth-order valence-corrected chi connectivity index (χ4v) is 4.01. The summed E-state index contributed by atoms with van der Waals surface area (Å²) in [6.45, 7) is 1.75. The van der Waals surface area contributed by atoms with Crippen LogP contribution in [0, 0.1) is 17.8 Å². The molecule has 1 fully saturated rings. The molecule has 0 radical (unpaired) electrons. The lowest BCUT2D eigenvalue weighted by Crippen LogP contribution is -2.35. The largest absolute Gasteiger partial charge is 0.370 e. The van der Waals surface area contributed by atoms with Gasteiger partial charge in [-0.25, -0.2) is 0 Å². The van der Waals surface area contributed by atoms with Crippen molar-refractivity contribution in [3.63, 3.8) is 0 Å². The second kappa shape index (κ2) is 6.44. The minimum Gasteiger partial charge on any atom is -0.370 e. The zero-order valence-electron chi connectivity index (χ0n) is 11.8. The molecule has 3 atom stereocenters. The molecular weight excluding hydrogens is 266 g/mol. The normalized spacial score (nSPS) is 28.8. The third-order valence-electron chi connectivity index (χ3n) is 4.47. The fourth-order valence-electron chi connectivity index (χ4n) is 3.30. The third-order valence-corrected chi connectivity index (χ3v) is 5.40. The first-order valence-electron chi connectivity index (χ1n) is 7.56. The summed E-state index contributed by atoms with van der Waals surface area (Å²) in [5, 5.41) is 5.33. The summed E-state index contributed by atoms with van der Waals surface area (Å²) < 4.78 is 0. The van der Waals surface area contributed by atoms with Crippen LogP contribution in [0.5, 0.6) is 0 Å². The number of aliphatic imine (C=N–C) groups is 1. The number of nitrogens with two attached hydrogens (primary N) is 1. The van der Waals surface area contributed by atoms with Crippen molar-refractivity contribution in [2.24, 2.45) is 28.5 Å². The van der Waals surface area contributed by atoms with Crippen LogP contribution in [0.1, 0.15) is 24.1 Å². The highest BCUT2D eigenvalue weighted by Crippen LogP contribution is 2.40. The number of fused-ring (bicyclic) bond motifs is 2. The van der Waals surface area contributed by atoms with Crippen molar-refractivity contribution in [1.29, 1.82) is 0 Å². The standard InChI is InChI=1S/C16H23N3S/c17-16(18-8-7-15-2-1-9-20-15)19-11-14-10-12-3-5-13(14)6-4-12/h1-3,5,9,12-14H,4,6-8,10-11H2,(H3,17,18,19). The minimum absolute atomic E-state index is 0.604. The zero-order chi connectivity index (χ0) is 13.8. The predicted molar refractivity (Wildman–Crippen MR) is 86.0 cm³/mol. The molecule has 4 heteroatoms. The van der Waals surface area contributed by atoms with Gasteiger partial charge in [-0.15, -0.1) is 11.3 Å². The number of thiophene rings is 1. The van der Waals surface area contributed by atoms with Crippen LogP contribution in [0.25, 0.3) is 0 Å². The number of rotatable bonds is 5. The van der Waals surface area contributed by atoms with E-state index in [0.29, 0.717) is 11.9 Å². The van der Waals surface area contributed by atoms with Gasteiger partial charge in [0, 0.05) is 18.0 Å². The van der Waals surface area contributed by atoms with E-state index in [1.807, 2.05) is 0 Å². The molecule has 3 aliphatic rings. The van der Waals surface area contributed by atoms with Crippen LogP contribution in [0.15, 0.2) is 34.7 Å². The summed E-state index contributed by atoms with van der Waals surface area (Å²) in [5.74, 6) is 2.85. The van der Waals surface area contributed by atoms with E-state index in [1.54, 1.807) is 11.3 Å². The van der Waals surface area contributed by atoms with Gasteiger partial charge >= 0.3 is 0 Å². The lowest BCUT2D eigenvalue weighted by Gasteiger charge is -2.37. The Bertz CT molecular complexity index is 478. The summed E-state index contributed by atoms with van der Waals surface area (Å²) in [5.41, 5.74) is 5.95. The van der Waals surface area contributed by atoms with Crippen molar-refractivity contribution < 1.29 is 0 Å². The smallest absolute Gasteiger partial charge is 0.188 e. The highest BCUT2D eigenvalue weighted by Gasteiger charge is 2.31. The summed E-state index contributed by atoms with van der Waals surface area (Å²) in [6.07, 6.45) is 9.83. The van der Waals surface area contributed by atoms with Gasteiger partial charge in [-0.3, -0.25) is 4.99 Å². The first-order valence-corrected chi connectivity index (χ1v) is 8.44. The SMILES string of the molecule is NC(=NCC1CC2C=CC1CC2)NCCc1cccs1. The molecule has 4 rings (SSSR count). The van der Waals surface area contributed by atoms with Crippen molar-refractivity contribution in [2.45, 2.75) is 25.7 Å². The van der Waals surface area contributed by atoms with Gasteiger partial charge in [0.2, 0.25) is 0 Å². The van der Waals surface area contributed by atoms with Crippen molar-refractivity contribution in [3.05, 3.63) is 34.5 Å². The maximum atomic E-state index is 5.95. The summed E-state index contributed by atoms with van der Waals surface area (Å²) in [6, 6.07) is 4.24. The monoisotopic (exact) mass is 289 g/mol. The third kappa shape index (κ3) is 3.42. The lowest BCUT2D eigenvalue weighted by molar-refractivity contribution is 0.227. The molecular formula is C16H23N3S. The van der Waals surface area contributed by atoms with Crippen molar-refractivity contribution in [3.8, 4) is 0 Å². The molecule has 1 aromatic rings. The number of guanidine groups is 1. The molecule has 3 unspecified atom stereocenters. The molecule has 108 valence electrons. The van der Waals surface area contributed by atoms with E-state index < -0.39 is 0 Å². The molecule has 20 heavy (non-hydrogen) atoms. The molecule has 3 nitrogen and oxygen atoms in total. The summed E-state index contributed by atoms with van der Waals surface area (Å²) in [4.78, 5) is 5.93. The Balaban J connectivity index is 1.41. The van der Waals surface area contributed by atoms with Gasteiger partial charge in [-0.05, 0) is 54.9 Å². The minimum atomic E-state index is 0.604. The average Bonchev–Trinajstić information content (AvgIpc) is 3.00. The summed E-state index contributed by atoms with van der Waals surface area (Å²) in [7, 11) is 0. The second-order valence-electron chi connectivity index (χ2n) is 5.86. The van der Waals surface area contributed by atoms with Gasteiger partial charge in [-0.1, -0.05) is 18.2 Å². The molecule has 3 aliphatic carbocycles. The van der Waals surface area contributed by atoms with Crippen LogP contribution in [-0.2, 0) is 6.42 Å². The van der Waals surface area contributed by atoms with E-state index in [2.05, 4.69) is 40.0 Å². The molecule has 0 aliphatic heterocycles. The van der Waals surface area contributed by atoms with E-state index in [1.165, 1.54) is 24.1 Å². The van der Waals surface area contributed by atoms with E-state index >= 15 is 0 Å². The number of nitrogens with one attached hydrogen (secondary N) is 1. The topological polar surface area (TPSA) is 50.4 Å². The molecule has 0 aromatic carbocycles. The number of nitrogens with zero attached hydrogens (tertiary/aromatic N) is 1. The van der Waals surface area contributed by atoms with Gasteiger partial charge in [0.25, 0.3) is 0 Å². The first-order chi connectivity index (χ1) is 9.81. The first kappa shape index (κ1) is 13.7. The van der Waals surface area contributed by atoms with Gasteiger partial charge < -0.3 is 11.1 Å². The molecule has 1 saturated carbocycles. The Kier molecular flexibility index (Phi) is 4.41. The fraction of sp³-hybridized carbons (Fsp3) is 0.562. The quantitative estimate of drug-likeness (QED) is 0.497. The Morgan fingerprint density at radius 1 is 1.40 bits per heavy atom. The molecule has 0 saturated heterocycles. The van der Waals surface area contributed by atoms with E-state index in [9.17, 15) is 0 Å². The molecule has 0 spiro atoms. The van der Waals surface area contributed by atoms with Gasteiger partial charge in [0.1, 0.15) is 0 Å². The van der Waals surface area contributed by atoms with Crippen LogP contribution in [0.2, 0.25) is 0 Å². The predicted octanol–water partition coefficient (Wildman–Crippen LogP) is 2.80. The van der Waals surface area contributed by atoms with Crippen LogP contribution in [0.3, 0.4) is 0 Å². The maximum absolute atomic E-state index is 5.95. The van der Waals surface area contributed by atoms with Crippen LogP contribution < -0.4 is 11.1 Å². The summed E-state index contributed by atoms with van der Waals surface area (Å²) >= 11 is 1.79. The lowest BCUT2D eigenvalue weighted by atomic mass is 9.69. The Hall–Kier alpha value is -1.29. The van der Waals surface area contributed by atoms with Gasteiger partial charge in [0.15, 0.2) is 5.96 Å².